The smallest absolute Gasteiger partial charge is 0.167 e. The van der Waals surface area contributed by atoms with Crippen LogP contribution in [-0.2, 0) is 6.54 Å². The maximum absolute atomic E-state index is 13.1. The average molecular weight is 351 g/mol. The van der Waals surface area contributed by atoms with Crippen molar-refractivity contribution in [3.05, 3.63) is 71.9 Å². The summed E-state index contributed by atoms with van der Waals surface area (Å²) in [7, 11) is 0. The van der Waals surface area contributed by atoms with Gasteiger partial charge in [-0.2, -0.15) is 0 Å². The standard InChI is InChI=1S/C21H22FN3O/c22-18-9-7-17(8-10-18)21-13-19(24-26-21)20-6-2-1-3-12-25(20)15-16-5-4-11-23-14-16/h4-5,7-11,13-14,20H,1-3,6,12,15H2/t20-/m0/s1. The lowest BCUT2D eigenvalue weighted by Crippen LogP contribution is -2.28. The molecule has 0 amide bonds. The first-order chi connectivity index (χ1) is 12.8. The second kappa shape index (κ2) is 7.79. The first-order valence-corrected chi connectivity index (χ1v) is 9.15. The predicted octanol–water partition coefficient (Wildman–Crippen LogP) is 4.99. The summed E-state index contributed by atoms with van der Waals surface area (Å²) in [5.41, 5.74) is 3.01. The Morgan fingerprint density at radius 1 is 1.12 bits per heavy atom. The van der Waals surface area contributed by atoms with Crippen molar-refractivity contribution in [2.24, 2.45) is 0 Å². The fourth-order valence-corrected chi connectivity index (χ4v) is 3.61. The Labute approximate surface area is 152 Å². The SMILES string of the molecule is Fc1ccc(-c2cc([C@@H]3CCCCCN3Cc3cccnc3)no2)cc1. The summed E-state index contributed by atoms with van der Waals surface area (Å²) in [4.78, 5) is 6.70. The molecular formula is C21H22FN3O. The van der Waals surface area contributed by atoms with E-state index in [1.54, 1.807) is 18.3 Å². The maximum atomic E-state index is 13.1. The summed E-state index contributed by atoms with van der Waals surface area (Å²) in [5, 5.41) is 4.35. The maximum Gasteiger partial charge on any atom is 0.167 e. The summed E-state index contributed by atoms with van der Waals surface area (Å²) in [6, 6.07) is 12.7. The highest BCUT2D eigenvalue weighted by Crippen LogP contribution is 2.33. The largest absolute Gasteiger partial charge is 0.356 e. The van der Waals surface area contributed by atoms with Crippen molar-refractivity contribution in [1.29, 1.82) is 0 Å². The highest BCUT2D eigenvalue weighted by molar-refractivity contribution is 5.57. The summed E-state index contributed by atoms with van der Waals surface area (Å²) in [6.45, 7) is 1.90. The van der Waals surface area contributed by atoms with E-state index in [-0.39, 0.29) is 11.9 Å². The third kappa shape index (κ3) is 3.83. The monoisotopic (exact) mass is 351 g/mol. The van der Waals surface area contributed by atoms with E-state index in [1.807, 2.05) is 18.3 Å². The number of pyridine rings is 1. The highest BCUT2D eigenvalue weighted by atomic mass is 19.1. The second-order valence-electron chi connectivity index (χ2n) is 6.82. The molecule has 1 atom stereocenters. The molecule has 4 nitrogen and oxygen atoms in total. The molecule has 3 aromatic rings. The molecule has 0 saturated carbocycles. The summed E-state index contributed by atoms with van der Waals surface area (Å²) < 4.78 is 18.7. The minimum Gasteiger partial charge on any atom is -0.356 e. The molecule has 5 heteroatoms. The molecule has 3 heterocycles. The van der Waals surface area contributed by atoms with Crippen molar-refractivity contribution < 1.29 is 8.91 Å². The van der Waals surface area contributed by atoms with E-state index < -0.39 is 0 Å². The van der Waals surface area contributed by atoms with Gasteiger partial charge in [-0.3, -0.25) is 9.88 Å². The Balaban J connectivity index is 1.58. The van der Waals surface area contributed by atoms with Crippen LogP contribution in [0.5, 0.6) is 0 Å². The third-order valence-electron chi connectivity index (χ3n) is 4.97. The van der Waals surface area contributed by atoms with Gasteiger partial charge in [0, 0.05) is 30.6 Å². The van der Waals surface area contributed by atoms with E-state index in [0.29, 0.717) is 5.76 Å². The first-order valence-electron chi connectivity index (χ1n) is 9.15. The van der Waals surface area contributed by atoms with E-state index in [4.69, 9.17) is 4.52 Å². The molecular weight excluding hydrogens is 329 g/mol. The Bertz CT molecular complexity index is 832. The molecule has 26 heavy (non-hydrogen) atoms. The molecule has 0 N–H and O–H groups in total. The van der Waals surface area contributed by atoms with Crippen LogP contribution in [0.4, 0.5) is 4.39 Å². The van der Waals surface area contributed by atoms with Gasteiger partial charge in [0.05, 0.1) is 6.04 Å². The fourth-order valence-electron chi connectivity index (χ4n) is 3.61. The average Bonchev–Trinajstić information content (AvgIpc) is 3.04. The number of hydrogen-bond donors (Lipinski definition) is 0. The lowest BCUT2D eigenvalue weighted by atomic mass is 10.0. The molecule has 1 aliphatic heterocycles. The predicted molar refractivity (Wildman–Crippen MR) is 97.8 cm³/mol. The van der Waals surface area contributed by atoms with Crippen molar-refractivity contribution >= 4 is 0 Å². The van der Waals surface area contributed by atoms with Crippen LogP contribution in [0.2, 0.25) is 0 Å². The number of aromatic nitrogens is 2. The summed E-state index contributed by atoms with van der Waals surface area (Å²) in [5.74, 6) is 0.436. The van der Waals surface area contributed by atoms with E-state index in [9.17, 15) is 4.39 Å². The van der Waals surface area contributed by atoms with Crippen molar-refractivity contribution in [2.75, 3.05) is 6.54 Å². The van der Waals surface area contributed by atoms with E-state index in [1.165, 1.54) is 37.0 Å². The fraction of sp³-hybridized carbons (Fsp3) is 0.333. The topological polar surface area (TPSA) is 42.2 Å². The van der Waals surface area contributed by atoms with Gasteiger partial charge in [-0.15, -0.1) is 0 Å². The van der Waals surface area contributed by atoms with Gasteiger partial charge in [0.2, 0.25) is 0 Å². The highest BCUT2D eigenvalue weighted by Gasteiger charge is 2.26. The third-order valence-corrected chi connectivity index (χ3v) is 4.97. The molecule has 1 aromatic carbocycles. The van der Waals surface area contributed by atoms with E-state index in [2.05, 4.69) is 21.1 Å². The van der Waals surface area contributed by atoms with Crippen molar-refractivity contribution in [2.45, 2.75) is 38.3 Å². The van der Waals surface area contributed by atoms with Gasteiger partial charge in [0.1, 0.15) is 11.5 Å². The van der Waals surface area contributed by atoms with Gasteiger partial charge in [0.25, 0.3) is 0 Å². The molecule has 0 aliphatic carbocycles. The van der Waals surface area contributed by atoms with Gasteiger partial charge in [-0.05, 0) is 55.3 Å². The first kappa shape index (κ1) is 16.9. The molecule has 0 unspecified atom stereocenters. The number of likely N-dealkylation sites (tertiary alicyclic amines) is 1. The van der Waals surface area contributed by atoms with Crippen molar-refractivity contribution in [1.82, 2.24) is 15.0 Å². The normalized spacial score (nSPS) is 18.6. The summed E-state index contributed by atoms with van der Waals surface area (Å²) >= 11 is 0. The zero-order valence-corrected chi connectivity index (χ0v) is 14.6. The quantitative estimate of drug-likeness (QED) is 0.664. The van der Waals surface area contributed by atoms with Crippen LogP contribution in [-0.4, -0.2) is 21.6 Å². The van der Waals surface area contributed by atoms with Crippen LogP contribution in [0.3, 0.4) is 0 Å². The zero-order valence-electron chi connectivity index (χ0n) is 14.6. The number of rotatable bonds is 4. The minimum atomic E-state index is -0.250. The van der Waals surface area contributed by atoms with Crippen LogP contribution < -0.4 is 0 Å². The molecule has 0 spiro atoms. The molecule has 0 bridgehead atoms. The lowest BCUT2D eigenvalue weighted by molar-refractivity contribution is 0.184. The van der Waals surface area contributed by atoms with Crippen LogP contribution in [0.1, 0.15) is 43.0 Å². The molecule has 1 saturated heterocycles. The lowest BCUT2D eigenvalue weighted by Gasteiger charge is -2.28. The Hall–Kier alpha value is -2.53. The van der Waals surface area contributed by atoms with Gasteiger partial charge < -0.3 is 4.52 Å². The Morgan fingerprint density at radius 2 is 2.00 bits per heavy atom. The molecule has 1 fully saturated rings. The van der Waals surface area contributed by atoms with Crippen LogP contribution in [0, 0.1) is 5.82 Å². The number of nitrogens with zero attached hydrogens (tertiary/aromatic N) is 3. The molecule has 0 radical (unpaired) electrons. The van der Waals surface area contributed by atoms with Gasteiger partial charge in [-0.1, -0.05) is 24.1 Å². The molecule has 1 aliphatic rings. The summed E-state index contributed by atoms with van der Waals surface area (Å²) in [6.07, 6.45) is 8.41. The Morgan fingerprint density at radius 3 is 2.81 bits per heavy atom. The zero-order chi connectivity index (χ0) is 17.8. The number of halogens is 1. The van der Waals surface area contributed by atoms with Crippen LogP contribution in [0.15, 0.2) is 59.4 Å². The minimum absolute atomic E-state index is 0.232. The van der Waals surface area contributed by atoms with Crippen molar-refractivity contribution in [3.63, 3.8) is 0 Å². The van der Waals surface area contributed by atoms with E-state index >= 15 is 0 Å². The van der Waals surface area contributed by atoms with Crippen molar-refractivity contribution in [3.8, 4) is 11.3 Å². The Kier molecular flexibility index (Phi) is 5.07. The van der Waals surface area contributed by atoms with E-state index in [0.717, 1.165) is 30.8 Å². The van der Waals surface area contributed by atoms with Crippen LogP contribution >= 0.6 is 0 Å². The number of hydrogen-bond acceptors (Lipinski definition) is 4. The molecule has 134 valence electrons. The van der Waals surface area contributed by atoms with Gasteiger partial charge in [-0.25, -0.2) is 4.39 Å². The second-order valence-corrected chi connectivity index (χ2v) is 6.82. The van der Waals surface area contributed by atoms with Gasteiger partial charge in [0.15, 0.2) is 5.76 Å². The number of benzene rings is 1. The van der Waals surface area contributed by atoms with Gasteiger partial charge >= 0.3 is 0 Å². The van der Waals surface area contributed by atoms with Crippen LogP contribution in [0.25, 0.3) is 11.3 Å². The molecule has 4 rings (SSSR count). The molecule has 2 aromatic heterocycles.